The van der Waals surface area contributed by atoms with Crippen molar-refractivity contribution >= 4 is 16.9 Å². The minimum absolute atomic E-state index is 0.111. The van der Waals surface area contributed by atoms with E-state index in [1.165, 1.54) is 6.33 Å². The largest absolute Gasteiger partial charge is 0.394 e. The van der Waals surface area contributed by atoms with E-state index in [1.54, 1.807) is 10.9 Å². The Hall–Kier alpha value is -1.77. The maximum atomic E-state index is 9.96. The van der Waals surface area contributed by atoms with Crippen LogP contribution in [0.2, 0.25) is 0 Å². The van der Waals surface area contributed by atoms with Gasteiger partial charge in [0.1, 0.15) is 18.2 Å². The van der Waals surface area contributed by atoms with E-state index in [2.05, 4.69) is 15.1 Å². The molecule has 1 aliphatic heterocycles. The Morgan fingerprint density at radius 2 is 2.32 bits per heavy atom. The Labute approximate surface area is 108 Å². The molecule has 0 saturated carbocycles. The van der Waals surface area contributed by atoms with Gasteiger partial charge in [-0.05, 0) is 0 Å². The summed E-state index contributed by atoms with van der Waals surface area (Å²) in [5, 5.41) is 24.0. The van der Waals surface area contributed by atoms with Gasteiger partial charge in [-0.2, -0.15) is 5.10 Å². The monoisotopic (exact) mass is 265 g/mol. The third kappa shape index (κ3) is 2.14. The lowest BCUT2D eigenvalue weighted by Gasteiger charge is -2.15. The summed E-state index contributed by atoms with van der Waals surface area (Å²) in [7, 11) is 0. The molecule has 3 atom stereocenters. The van der Waals surface area contributed by atoms with Crippen LogP contribution in [0.15, 0.2) is 12.5 Å². The van der Waals surface area contributed by atoms with Crippen LogP contribution in [0, 0.1) is 5.92 Å². The maximum Gasteiger partial charge on any atom is 0.186 e. The van der Waals surface area contributed by atoms with E-state index in [1.807, 2.05) is 0 Å². The lowest BCUT2D eigenvalue weighted by molar-refractivity contribution is 0.00109. The summed E-state index contributed by atoms with van der Waals surface area (Å²) in [5.74, 6) is 0.272. The first-order valence-corrected chi connectivity index (χ1v) is 6.03. The van der Waals surface area contributed by atoms with E-state index in [0.29, 0.717) is 30.0 Å². The van der Waals surface area contributed by atoms with E-state index in [0.717, 1.165) is 0 Å². The first-order valence-electron chi connectivity index (χ1n) is 6.03. The third-order valence-electron chi connectivity index (χ3n) is 3.38. The summed E-state index contributed by atoms with van der Waals surface area (Å²) in [6.45, 7) is 0.689. The quantitative estimate of drug-likeness (QED) is 0.636. The predicted octanol–water partition coefficient (Wildman–Crippen LogP) is -1.22. The number of hydrogen-bond donors (Lipinski definition) is 3. The van der Waals surface area contributed by atoms with Crippen LogP contribution in [0.4, 0.5) is 5.82 Å². The average Bonchev–Trinajstić information content (AvgIpc) is 2.96. The van der Waals surface area contributed by atoms with E-state index in [-0.39, 0.29) is 12.5 Å². The number of aromatic nitrogens is 4. The highest BCUT2D eigenvalue weighted by atomic mass is 16.5. The Kier molecular flexibility index (Phi) is 3.05. The standard InChI is InChI=1S/C11H15N5O3/c12-10-7-2-16(15-11(7)14-5-13-10)1-6-4-19-8(3-17)9(6)18/h2,5-6,8-9,17-18H,1,3-4H2,(H2,12,13,14,15)/t6?,8-,9?/m1/s1. The fraction of sp³-hybridized carbons (Fsp3) is 0.545. The van der Waals surface area contributed by atoms with Gasteiger partial charge in [-0.1, -0.05) is 0 Å². The van der Waals surface area contributed by atoms with Gasteiger partial charge < -0.3 is 20.7 Å². The van der Waals surface area contributed by atoms with Crippen molar-refractivity contribution in [2.24, 2.45) is 5.92 Å². The maximum absolute atomic E-state index is 9.96. The van der Waals surface area contributed by atoms with Crippen LogP contribution in [0.5, 0.6) is 0 Å². The van der Waals surface area contributed by atoms with Gasteiger partial charge in [-0.15, -0.1) is 0 Å². The highest BCUT2D eigenvalue weighted by Gasteiger charge is 2.35. The van der Waals surface area contributed by atoms with Crippen molar-refractivity contribution in [1.29, 1.82) is 0 Å². The Balaban J connectivity index is 1.81. The van der Waals surface area contributed by atoms with Gasteiger partial charge in [0.2, 0.25) is 0 Å². The summed E-state index contributed by atoms with van der Waals surface area (Å²) < 4.78 is 6.98. The molecule has 0 aromatic carbocycles. The molecule has 0 amide bonds. The van der Waals surface area contributed by atoms with Gasteiger partial charge in [0.15, 0.2) is 5.65 Å². The first kappa shape index (κ1) is 12.3. The lowest BCUT2D eigenvalue weighted by Crippen LogP contribution is -2.31. The molecule has 2 aromatic heterocycles. The summed E-state index contributed by atoms with van der Waals surface area (Å²) in [4.78, 5) is 7.93. The average molecular weight is 265 g/mol. The van der Waals surface area contributed by atoms with Crippen molar-refractivity contribution in [3.8, 4) is 0 Å². The molecule has 2 unspecified atom stereocenters. The van der Waals surface area contributed by atoms with Crippen molar-refractivity contribution < 1.29 is 14.9 Å². The fourth-order valence-corrected chi connectivity index (χ4v) is 2.31. The van der Waals surface area contributed by atoms with Gasteiger partial charge in [-0.3, -0.25) is 4.68 Å². The smallest absolute Gasteiger partial charge is 0.186 e. The highest BCUT2D eigenvalue weighted by molar-refractivity contribution is 5.84. The van der Waals surface area contributed by atoms with E-state index in [4.69, 9.17) is 15.6 Å². The zero-order chi connectivity index (χ0) is 13.4. The fourth-order valence-electron chi connectivity index (χ4n) is 2.31. The topological polar surface area (TPSA) is 119 Å². The molecule has 102 valence electrons. The van der Waals surface area contributed by atoms with Crippen molar-refractivity contribution in [2.45, 2.75) is 18.8 Å². The second-order valence-corrected chi connectivity index (χ2v) is 4.65. The molecule has 3 rings (SSSR count). The number of aliphatic hydroxyl groups is 2. The first-order chi connectivity index (χ1) is 9.19. The molecule has 1 saturated heterocycles. The molecule has 2 aromatic rings. The normalized spacial score (nSPS) is 27.2. The van der Waals surface area contributed by atoms with Gasteiger partial charge >= 0.3 is 0 Å². The minimum atomic E-state index is -0.694. The second kappa shape index (κ2) is 4.72. The number of anilines is 1. The summed E-state index contributed by atoms with van der Waals surface area (Å²) in [5.41, 5.74) is 6.26. The molecule has 1 aliphatic rings. The second-order valence-electron chi connectivity index (χ2n) is 4.65. The van der Waals surface area contributed by atoms with E-state index >= 15 is 0 Å². The molecule has 8 nitrogen and oxygen atoms in total. The van der Waals surface area contributed by atoms with Crippen LogP contribution in [0.25, 0.3) is 11.0 Å². The molecule has 4 N–H and O–H groups in total. The van der Waals surface area contributed by atoms with Crippen LogP contribution >= 0.6 is 0 Å². The van der Waals surface area contributed by atoms with Crippen LogP contribution in [-0.4, -0.2) is 55.4 Å². The Morgan fingerprint density at radius 3 is 3.00 bits per heavy atom. The lowest BCUT2D eigenvalue weighted by atomic mass is 10.0. The van der Waals surface area contributed by atoms with Crippen molar-refractivity contribution in [2.75, 3.05) is 18.9 Å². The molecule has 3 heterocycles. The Morgan fingerprint density at radius 1 is 1.47 bits per heavy atom. The van der Waals surface area contributed by atoms with Crippen LogP contribution in [0.1, 0.15) is 0 Å². The van der Waals surface area contributed by atoms with Crippen molar-refractivity contribution in [1.82, 2.24) is 19.7 Å². The van der Waals surface area contributed by atoms with Crippen molar-refractivity contribution in [3.63, 3.8) is 0 Å². The number of nitrogens with two attached hydrogens (primary N) is 1. The van der Waals surface area contributed by atoms with Crippen molar-refractivity contribution in [3.05, 3.63) is 12.5 Å². The van der Waals surface area contributed by atoms with E-state index in [9.17, 15) is 5.11 Å². The number of rotatable bonds is 3. The molecule has 1 fully saturated rings. The van der Waals surface area contributed by atoms with Gasteiger partial charge in [0.25, 0.3) is 0 Å². The van der Waals surface area contributed by atoms with Crippen LogP contribution in [0.3, 0.4) is 0 Å². The third-order valence-corrected chi connectivity index (χ3v) is 3.38. The minimum Gasteiger partial charge on any atom is -0.394 e. The van der Waals surface area contributed by atoms with Crippen LogP contribution in [-0.2, 0) is 11.3 Å². The highest BCUT2D eigenvalue weighted by Crippen LogP contribution is 2.23. The Bertz CT molecular complexity index is 587. The number of nitrogens with zero attached hydrogens (tertiary/aromatic N) is 4. The molecular weight excluding hydrogens is 250 g/mol. The van der Waals surface area contributed by atoms with Gasteiger partial charge in [-0.25, -0.2) is 9.97 Å². The number of nitrogen functional groups attached to an aromatic ring is 1. The predicted molar refractivity (Wildman–Crippen MR) is 66.1 cm³/mol. The van der Waals surface area contributed by atoms with E-state index < -0.39 is 12.2 Å². The number of hydrogen-bond acceptors (Lipinski definition) is 7. The molecule has 0 spiro atoms. The number of fused-ring (bicyclic) bond motifs is 1. The zero-order valence-electron chi connectivity index (χ0n) is 10.2. The summed E-state index contributed by atoms with van der Waals surface area (Å²) >= 11 is 0. The number of aliphatic hydroxyl groups excluding tert-OH is 2. The SMILES string of the molecule is Nc1ncnc2nn(CC3CO[C@H](CO)C3O)cc12. The molecule has 0 bridgehead atoms. The van der Waals surface area contributed by atoms with Gasteiger partial charge in [0, 0.05) is 18.7 Å². The summed E-state index contributed by atoms with van der Waals surface area (Å²) in [6.07, 6.45) is 1.91. The summed E-state index contributed by atoms with van der Waals surface area (Å²) in [6, 6.07) is 0. The molecular formula is C11H15N5O3. The zero-order valence-corrected chi connectivity index (χ0v) is 10.2. The molecule has 8 heteroatoms. The number of ether oxygens (including phenoxy) is 1. The molecule has 0 radical (unpaired) electrons. The van der Waals surface area contributed by atoms with Crippen LogP contribution < -0.4 is 5.73 Å². The molecule has 19 heavy (non-hydrogen) atoms. The molecule has 0 aliphatic carbocycles. The van der Waals surface area contributed by atoms with Gasteiger partial charge in [0.05, 0.1) is 24.7 Å².